The Morgan fingerprint density at radius 3 is 2.56 bits per heavy atom. The zero-order chi connectivity index (χ0) is 18.0. The predicted molar refractivity (Wildman–Crippen MR) is 96.5 cm³/mol. The smallest absolute Gasteiger partial charge is 0.328 e. The van der Waals surface area contributed by atoms with E-state index in [9.17, 15) is 9.59 Å². The Hall–Kier alpha value is -2.86. The molecular formula is C18H16ClN3O3. The van der Waals surface area contributed by atoms with Crippen LogP contribution in [0.2, 0.25) is 5.02 Å². The first kappa shape index (κ1) is 17.0. The first-order valence-electron chi connectivity index (χ1n) is 7.73. The number of rotatable bonds is 4. The lowest BCUT2D eigenvalue weighted by Crippen LogP contribution is -2.32. The van der Waals surface area contributed by atoms with E-state index in [1.165, 1.54) is 4.57 Å². The normalized spacial score (nSPS) is 10.7. The van der Waals surface area contributed by atoms with Crippen LogP contribution >= 0.6 is 11.6 Å². The van der Waals surface area contributed by atoms with E-state index in [0.717, 1.165) is 5.56 Å². The van der Waals surface area contributed by atoms with Gasteiger partial charge in [-0.15, -0.1) is 0 Å². The van der Waals surface area contributed by atoms with Crippen molar-refractivity contribution in [2.24, 2.45) is 0 Å². The van der Waals surface area contributed by atoms with Crippen molar-refractivity contribution in [1.29, 1.82) is 0 Å². The van der Waals surface area contributed by atoms with E-state index < -0.39 is 5.69 Å². The fourth-order valence-electron chi connectivity index (χ4n) is 2.58. The summed E-state index contributed by atoms with van der Waals surface area (Å²) in [6.07, 6.45) is 1.59. The molecular weight excluding hydrogens is 342 g/mol. The molecule has 0 saturated carbocycles. The third kappa shape index (κ3) is 3.34. The molecule has 3 aromatic rings. The second kappa shape index (κ2) is 6.94. The standard InChI is InChI=1S/C18H16ClN3O3/c1-3-22-15(11(2)16(23)21-18(22)24)12-6-8-13(9-7-12)25-17-14(19)5-4-10-20-17/h4-10H,3H2,1-2H3,(H,21,23,24). The van der Waals surface area contributed by atoms with Crippen LogP contribution in [-0.2, 0) is 6.54 Å². The van der Waals surface area contributed by atoms with Gasteiger partial charge in [0.15, 0.2) is 0 Å². The molecule has 0 amide bonds. The van der Waals surface area contributed by atoms with Gasteiger partial charge in [-0.1, -0.05) is 11.6 Å². The highest BCUT2D eigenvalue weighted by molar-refractivity contribution is 6.31. The lowest BCUT2D eigenvalue weighted by molar-refractivity contribution is 0.463. The van der Waals surface area contributed by atoms with E-state index in [1.807, 2.05) is 6.92 Å². The van der Waals surface area contributed by atoms with Crippen molar-refractivity contribution < 1.29 is 4.74 Å². The molecule has 0 bridgehead atoms. The van der Waals surface area contributed by atoms with Gasteiger partial charge in [0, 0.05) is 18.3 Å². The predicted octanol–water partition coefficient (Wildman–Crippen LogP) is 3.37. The van der Waals surface area contributed by atoms with Crippen molar-refractivity contribution in [2.75, 3.05) is 0 Å². The lowest BCUT2D eigenvalue weighted by atomic mass is 10.1. The number of hydrogen-bond acceptors (Lipinski definition) is 4. The van der Waals surface area contributed by atoms with Gasteiger partial charge in [0.25, 0.3) is 5.56 Å². The van der Waals surface area contributed by atoms with E-state index >= 15 is 0 Å². The molecule has 128 valence electrons. The highest BCUT2D eigenvalue weighted by atomic mass is 35.5. The number of H-pyrrole nitrogens is 1. The molecule has 0 fully saturated rings. The van der Waals surface area contributed by atoms with Gasteiger partial charge in [0.2, 0.25) is 5.88 Å². The van der Waals surface area contributed by atoms with Gasteiger partial charge in [-0.05, 0) is 55.8 Å². The van der Waals surface area contributed by atoms with Gasteiger partial charge in [-0.3, -0.25) is 14.3 Å². The van der Waals surface area contributed by atoms with Crippen molar-refractivity contribution in [3.05, 3.63) is 74.0 Å². The van der Waals surface area contributed by atoms with Crippen molar-refractivity contribution >= 4 is 11.6 Å². The van der Waals surface area contributed by atoms with Crippen molar-refractivity contribution in [3.8, 4) is 22.9 Å². The molecule has 0 saturated heterocycles. The maximum absolute atomic E-state index is 12.0. The topological polar surface area (TPSA) is 77.0 Å². The summed E-state index contributed by atoms with van der Waals surface area (Å²) < 4.78 is 7.18. The van der Waals surface area contributed by atoms with Crippen LogP contribution in [0.3, 0.4) is 0 Å². The molecule has 1 aromatic carbocycles. The average molecular weight is 358 g/mol. The van der Waals surface area contributed by atoms with Gasteiger partial charge in [0.05, 0.1) is 5.69 Å². The van der Waals surface area contributed by atoms with Crippen LogP contribution in [0.15, 0.2) is 52.2 Å². The molecule has 0 unspecified atom stereocenters. The maximum atomic E-state index is 12.0. The van der Waals surface area contributed by atoms with Crippen LogP contribution < -0.4 is 16.0 Å². The first-order valence-corrected chi connectivity index (χ1v) is 8.11. The van der Waals surface area contributed by atoms with E-state index in [4.69, 9.17) is 16.3 Å². The SMILES string of the molecule is CCn1c(-c2ccc(Oc3ncccc3Cl)cc2)c(C)c(=O)[nH]c1=O. The minimum Gasteiger partial charge on any atom is -0.438 e. The molecule has 6 nitrogen and oxygen atoms in total. The lowest BCUT2D eigenvalue weighted by Gasteiger charge is -2.13. The van der Waals surface area contributed by atoms with Crippen LogP contribution in [0.5, 0.6) is 11.6 Å². The number of ether oxygens (including phenoxy) is 1. The van der Waals surface area contributed by atoms with E-state index in [2.05, 4.69) is 9.97 Å². The minimum atomic E-state index is -0.423. The van der Waals surface area contributed by atoms with Crippen LogP contribution in [-0.4, -0.2) is 14.5 Å². The average Bonchev–Trinajstić information content (AvgIpc) is 2.61. The summed E-state index contributed by atoms with van der Waals surface area (Å²) in [5, 5.41) is 0.414. The highest BCUT2D eigenvalue weighted by Crippen LogP contribution is 2.28. The molecule has 1 N–H and O–H groups in total. The number of pyridine rings is 1. The Morgan fingerprint density at radius 2 is 1.92 bits per heavy atom. The zero-order valence-corrected chi connectivity index (χ0v) is 14.5. The second-order valence-corrected chi connectivity index (χ2v) is 5.80. The molecule has 7 heteroatoms. The molecule has 0 spiro atoms. The van der Waals surface area contributed by atoms with Gasteiger partial charge in [-0.25, -0.2) is 9.78 Å². The summed E-state index contributed by atoms with van der Waals surface area (Å²) >= 11 is 6.03. The van der Waals surface area contributed by atoms with Crippen LogP contribution in [0, 0.1) is 6.92 Å². The van der Waals surface area contributed by atoms with Gasteiger partial charge < -0.3 is 4.74 Å². The van der Waals surface area contributed by atoms with E-state index in [-0.39, 0.29) is 5.56 Å². The zero-order valence-electron chi connectivity index (χ0n) is 13.7. The first-order chi connectivity index (χ1) is 12.0. The third-order valence-corrected chi connectivity index (χ3v) is 4.10. The van der Waals surface area contributed by atoms with Crippen molar-refractivity contribution in [1.82, 2.24) is 14.5 Å². The number of aromatic amines is 1. The molecule has 3 rings (SSSR count). The summed E-state index contributed by atoms with van der Waals surface area (Å²) in [6.45, 7) is 3.99. The Balaban J connectivity index is 2.00. The van der Waals surface area contributed by atoms with Gasteiger partial charge in [0.1, 0.15) is 10.8 Å². The third-order valence-electron chi connectivity index (χ3n) is 3.81. The number of aromatic nitrogens is 3. The van der Waals surface area contributed by atoms with Crippen molar-refractivity contribution in [3.63, 3.8) is 0 Å². The Kier molecular flexibility index (Phi) is 4.72. The number of hydrogen-bond donors (Lipinski definition) is 1. The maximum Gasteiger partial charge on any atom is 0.328 e. The van der Waals surface area contributed by atoms with Crippen LogP contribution in [0.25, 0.3) is 11.3 Å². The monoisotopic (exact) mass is 357 g/mol. The fourth-order valence-corrected chi connectivity index (χ4v) is 2.74. The van der Waals surface area contributed by atoms with E-state index in [0.29, 0.717) is 34.5 Å². The molecule has 0 radical (unpaired) electrons. The molecule has 2 heterocycles. The highest BCUT2D eigenvalue weighted by Gasteiger charge is 2.13. The molecule has 25 heavy (non-hydrogen) atoms. The quantitative estimate of drug-likeness (QED) is 0.776. The second-order valence-electron chi connectivity index (χ2n) is 5.39. The summed E-state index contributed by atoms with van der Waals surface area (Å²) in [7, 11) is 0. The van der Waals surface area contributed by atoms with Gasteiger partial charge in [-0.2, -0.15) is 0 Å². The Labute approximate surface area is 148 Å². The molecule has 0 aliphatic rings. The van der Waals surface area contributed by atoms with Crippen molar-refractivity contribution in [2.45, 2.75) is 20.4 Å². The largest absolute Gasteiger partial charge is 0.438 e. The number of halogens is 1. The molecule has 0 aliphatic heterocycles. The molecule has 2 aromatic heterocycles. The number of benzene rings is 1. The van der Waals surface area contributed by atoms with Gasteiger partial charge >= 0.3 is 5.69 Å². The fraction of sp³-hybridized carbons (Fsp3) is 0.167. The molecule has 0 aliphatic carbocycles. The Morgan fingerprint density at radius 1 is 1.20 bits per heavy atom. The Bertz CT molecular complexity index is 1020. The number of nitrogens with zero attached hydrogens (tertiary/aromatic N) is 2. The summed E-state index contributed by atoms with van der Waals surface area (Å²) in [4.78, 5) is 30.4. The molecule has 0 atom stereocenters. The summed E-state index contributed by atoms with van der Waals surface area (Å²) in [5.74, 6) is 0.868. The minimum absolute atomic E-state index is 0.315. The van der Waals surface area contributed by atoms with Crippen LogP contribution in [0.4, 0.5) is 0 Å². The van der Waals surface area contributed by atoms with E-state index in [1.54, 1.807) is 49.5 Å². The van der Waals surface area contributed by atoms with Crippen LogP contribution in [0.1, 0.15) is 12.5 Å². The summed E-state index contributed by atoms with van der Waals surface area (Å²) in [5.41, 5.74) is 1.03. The summed E-state index contributed by atoms with van der Waals surface area (Å²) in [6, 6.07) is 10.5. The number of nitrogens with one attached hydrogen (secondary N) is 1.